The van der Waals surface area contributed by atoms with E-state index in [1.807, 2.05) is 56.3 Å². The van der Waals surface area contributed by atoms with Crippen LogP contribution in [0.5, 0.6) is 0 Å². The zero-order valence-electron chi connectivity index (χ0n) is 15.7. The van der Waals surface area contributed by atoms with Gasteiger partial charge >= 0.3 is 5.97 Å². The number of methoxy groups -OCH3 is 1. The Kier molecular flexibility index (Phi) is 5.50. The maximum atomic E-state index is 12.7. The van der Waals surface area contributed by atoms with Gasteiger partial charge in [0.25, 0.3) is 5.91 Å². The lowest BCUT2D eigenvalue weighted by molar-refractivity contribution is -0.142. The Hall–Kier alpha value is -3.21. The number of nitrogens with zero attached hydrogens (tertiary/aromatic N) is 1. The Morgan fingerprint density at radius 3 is 2.48 bits per heavy atom. The molecule has 138 valence electrons. The molecule has 0 aliphatic heterocycles. The van der Waals surface area contributed by atoms with Crippen molar-refractivity contribution in [2.45, 2.75) is 26.3 Å². The summed E-state index contributed by atoms with van der Waals surface area (Å²) < 4.78 is 4.90. The molecule has 5 heteroatoms. The molecule has 1 atom stereocenters. The van der Waals surface area contributed by atoms with E-state index in [0.29, 0.717) is 12.0 Å². The Labute approximate surface area is 158 Å². The molecule has 0 fully saturated rings. The highest BCUT2D eigenvalue weighted by Gasteiger charge is 2.24. The minimum atomic E-state index is -0.770. The second kappa shape index (κ2) is 7.99. The summed E-state index contributed by atoms with van der Waals surface area (Å²) >= 11 is 0. The average molecular weight is 362 g/mol. The van der Waals surface area contributed by atoms with Gasteiger partial charge in [-0.1, -0.05) is 36.4 Å². The number of para-hydroxylation sites is 1. The van der Waals surface area contributed by atoms with Gasteiger partial charge in [0.05, 0.1) is 18.2 Å². The molecule has 0 unspecified atom stereocenters. The van der Waals surface area contributed by atoms with Crippen molar-refractivity contribution in [2.75, 3.05) is 7.11 Å². The Balaban J connectivity index is 1.85. The number of aromatic nitrogens is 1. The van der Waals surface area contributed by atoms with Crippen molar-refractivity contribution in [3.8, 4) is 0 Å². The number of ether oxygens (including phenoxy) is 1. The summed E-state index contributed by atoms with van der Waals surface area (Å²) in [6, 6.07) is 14.5. The minimum absolute atomic E-state index is 0.352. The van der Waals surface area contributed by atoms with Crippen molar-refractivity contribution >= 4 is 22.8 Å². The fourth-order valence-electron chi connectivity index (χ4n) is 3.15. The molecule has 1 amide bonds. The maximum absolute atomic E-state index is 12.7. The molecule has 1 N–H and O–H groups in total. The predicted molar refractivity (Wildman–Crippen MR) is 105 cm³/mol. The third-order valence-electron chi connectivity index (χ3n) is 4.70. The van der Waals surface area contributed by atoms with Crippen molar-refractivity contribution in [2.24, 2.45) is 0 Å². The number of pyridine rings is 1. The van der Waals surface area contributed by atoms with Crippen LogP contribution in [0.1, 0.15) is 27.0 Å². The normalized spacial score (nSPS) is 11.8. The van der Waals surface area contributed by atoms with Gasteiger partial charge in [-0.3, -0.25) is 9.78 Å². The van der Waals surface area contributed by atoms with Crippen molar-refractivity contribution in [1.29, 1.82) is 0 Å². The summed E-state index contributed by atoms with van der Waals surface area (Å²) in [6.07, 6.45) is 1.89. The molecule has 3 aromatic rings. The number of hydrogen-bond donors (Lipinski definition) is 1. The second-order valence-corrected chi connectivity index (χ2v) is 6.54. The van der Waals surface area contributed by atoms with Gasteiger partial charge in [-0.25, -0.2) is 4.79 Å². The van der Waals surface area contributed by atoms with Crippen LogP contribution in [0.25, 0.3) is 10.9 Å². The number of hydrogen-bond acceptors (Lipinski definition) is 4. The van der Waals surface area contributed by atoms with E-state index in [0.717, 1.165) is 27.6 Å². The average Bonchev–Trinajstić information content (AvgIpc) is 2.68. The van der Waals surface area contributed by atoms with Gasteiger partial charge in [0.2, 0.25) is 0 Å². The number of aryl methyl sites for hydroxylation is 2. The van der Waals surface area contributed by atoms with Crippen LogP contribution in [0, 0.1) is 13.8 Å². The third kappa shape index (κ3) is 4.14. The van der Waals surface area contributed by atoms with Gasteiger partial charge in [-0.2, -0.15) is 0 Å². The van der Waals surface area contributed by atoms with E-state index < -0.39 is 12.0 Å². The molecule has 2 aromatic carbocycles. The third-order valence-corrected chi connectivity index (χ3v) is 4.70. The first-order valence-electron chi connectivity index (χ1n) is 8.78. The molecule has 27 heavy (non-hydrogen) atoms. The minimum Gasteiger partial charge on any atom is -0.467 e. The molecule has 1 aromatic heterocycles. The summed E-state index contributed by atoms with van der Waals surface area (Å²) in [6.45, 7) is 3.98. The van der Waals surface area contributed by atoms with Gasteiger partial charge in [0, 0.05) is 18.0 Å². The smallest absolute Gasteiger partial charge is 0.328 e. The zero-order valence-corrected chi connectivity index (χ0v) is 15.7. The molecular weight excluding hydrogens is 340 g/mol. The van der Waals surface area contributed by atoms with Crippen LogP contribution in [0.3, 0.4) is 0 Å². The summed E-state index contributed by atoms with van der Waals surface area (Å²) in [5, 5.41) is 3.67. The standard InChI is InChI=1S/C22H22N2O3/c1-14-7-6-8-15(2)18(14)12-20(22(26)27-3)24-21(25)17-11-16-9-4-5-10-19(16)23-13-17/h4-11,13,20H,12H2,1-3H3,(H,24,25)/t20-/m1/s1. The predicted octanol–water partition coefficient (Wildman–Crippen LogP) is 3.37. The summed E-state index contributed by atoms with van der Waals surface area (Å²) in [5.41, 5.74) is 4.40. The second-order valence-electron chi connectivity index (χ2n) is 6.54. The number of amides is 1. The number of carbonyl (C=O) groups excluding carboxylic acids is 2. The largest absolute Gasteiger partial charge is 0.467 e. The van der Waals surface area contributed by atoms with Gasteiger partial charge in [-0.05, 0) is 42.7 Å². The van der Waals surface area contributed by atoms with Crippen molar-refractivity contribution in [1.82, 2.24) is 10.3 Å². The van der Waals surface area contributed by atoms with Crippen LogP contribution in [0.2, 0.25) is 0 Å². The molecule has 0 aliphatic carbocycles. The monoisotopic (exact) mass is 362 g/mol. The molecule has 0 aliphatic rings. The Morgan fingerprint density at radius 1 is 1.07 bits per heavy atom. The van der Waals surface area contributed by atoms with E-state index >= 15 is 0 Å². The fraction of sp³-hybridized carbons (Fsp3) is 0.227. The van der Waals surface area contributed by atoms with Crippen molar-refractivity contribution in [3.63, 3.8) is 0 Å². The molecule has 0 saturated carbocycles. The van der Waals surface area contributed by atoms with E-state index in [1.54, 1.807) is 6.07 Å². The first-order chi connectivity index (χ1) is 13.0. The number of fused-ring (bicyclic) bond motifs is 1. The highest BCUT2D eigenvalue weighted by atomic mass is 16.5. The molecule has 0 saturated heterocycles. The molecule has 3 rings (SSSR count). The number of nitrogens with one attached hydrogen (secondary N) is 1. The molecule has 0 spiro atoms. The van der Waals surface area contributed by atoms with Crippen LogP contribution in [0.15, 0.2) is 54.7 Å². The molecular formula is C22H22N2O3. The van der Waals surface area contributed by atoms with Crippen molar-refractivity contribution < 1.29 is 14.3 Å². The van der Waals surface area contributed by atoms with E-state index in [2.05, 4.69) is 10.3 Å². The van der Waals surface area contributed by atoms with Gasteiger partial charge in [-0.15, -0.1) is 0 Å². The SMILES string of the molecule is COC(=O)[C@@H](Cc1c(C)cccc1C)NC(=O)c1cnc2ccccc2c1. The van der Waals surface area contributed by atoms with E-state index in [9.17, 15) is 9.59 Å². The van der Waals surface area contributed by atoms with Crippen LogP contribution in [-0.2, 0) is 16.0 Å². The van der Waals surface area contributed by atoms with Crippen LogP contribution >= 0.6 is 0 Å². The topological polar surface area (TPSA) is 68.3 Å². The van der Waals surface area contributed by atoms with Crippen LogP contribution in [0.4, 0.5) is 0 Å². The molecule has 5 nitrogen and oxygen atoms in total. The molecule has 0 radical (unpaired) electrons. The fourth-order valence-corrected chi connectivity index (χ4v) is 3.15. The lowest BCUT2D eigenvalue weighted by atomic mass is 9.96. The molecule has 1 heterocycles. The Morgan fingerprint density at radius 2 is 1.78 bits per heavy atom. The van der Waals surface area contributed by atoms with E-state index in [1.165, 1.54) is 13.3 Å². The number of esters is 1. The van der Waals surface area contributed by atoms with Crippen LogP contribution in [-0.4, -0.2) is 30.0 Å². The number of benzene rings is 2. The molecule has 0 bridgehead atoms. The summed E-state index contributed by atoms with van der Waals surface area (Å²) in [4.78, 5) is 29.3. The van der Waals surface area contributed by atoms with Gasteiger partial charge in [0.15, 0.2) is 0 Å². The lowest BCUT2D eigenvalue weighted by Crippen LogP contribution is -2.43. The Bertz CT molecular complexity index is 978. The first kappa shape index (κ1) is 18.6. The number of rotatable bonds is 5. The van der Waals surface area contributed by atoms with Crippen molar-refractivity contribution in [3.05, 3.63) is 77.0 Å². The van der Waals surface area contributed by atoms with Gasteiger partial charge < -0.3 is 10.1 Å². The summed E-state index contributed by atoms with van der Waals surface area (Å²) in [5.74, 6) is -0.824. The zero-order chi connectivity index (χ0) is 19.4. The first-order valence-corrected chi connectivity index (χ1v) is 8.78. The van der Waals surface area contributed by atoms with E-state index in [4.69, 9.17) is 4.74 Å². The highest BCUT2D eigenvalue weighted by Crippen LogP contribution is 2.17. The van der Waals surface area contributed by atoms with Crippen LogP contribution < -0.4 is 5.32 Å². The number of carbonyl (C=O) groups is 2. The quantitative estimate of drug-likeness (QED) is 0.707. The maximum Gasteiger partial charge on any atom is 0.328 e. The van der Waals surface area contributed by atoms with E-state index in [-0.39, 0.29) is 5.91 Å². The highest BCUT2D eigenvalue weighted by molar-refractivity contribution is 5.99. The lowest BCUT2D eigenvalue weighted by Gasteiger charge is -2.19. The van der Waals surface area contributed by atoms with Gasteiger partial charge in [0.1, 0.15) is 6.04 Å². The summed E-state index contributed by atoms with van der Waals surface area (Å²) in [7, 11) is 1.32.